The summed E-state index contributed by atoms with van der Waals surface area (Å²) in [7, 11) is 0. The summed E-state index contributed by atoms with van der Waals surface area (Å²) >= 11 is 3.42. The van der Waals surface area contributed by atoms with Crippen molar-refractivity contribution in [3.8, 4) is 11.6 Å². The Labute approximate surface area is 130 Å². The van der Waals surface area contributed by atoms with E-state index >= 15 is 0 Å². The van der Waals surface area contributed by atoms with Crippen LogP contribution < -0.4 is 10.5 Å². The number of nitrogen functional groups attached to an aromatic ring is 1. The number of nitrogens with zero attached hydrogens (tertiary/aromatic N) is 1. The monoisotopic (exact) mass is 350 g/mol. The second-order valence-corrected chi connectivity index (χ2v) is 5.78. The van der Waals surface area contributed by atoms with Crippen LogP contribution >= 0.6 is 15.9 Å². The summed E-state index contributed by atoms with van der Waals surface area (Å²) in [6, 6.07) is 6.89. The maximum absolute atomic E-state index is 11.3. The molecular formula is C15H15BrN2O3. The second-order valence-electron chi connectivity index (χ2n) is 4.87. The number of hydrogen-bond donors (Lipinski definition) is 2. The number of ether oxygens (including phenoxy) is 1. The minimum Gasteiger partial charge on any atom is -0.477 e. The first-order valence-electron chi connectivity index (χ1n) is 6.34. The van der Waals surface area contributed by atoms with E-state index < -0.39 is 5.97 Å². The van der Waals surface area contributed by atoms with E-state index in [-0.39, 0.29) is 23.0 Å². The van der Waals surface area contributed by atoms with Crippen LogP contribution in [0.15, 0.2) is 34.9 Å². The fraction of sp³-hybridized carbons (Fsp3) is 0.200. The smallest absolute Gasteiger partial charge is 0.341 e. The fourth-order valence-electron chi connectivity index (χ4n) is 1.87. The molecule has 0 aliphatic carbocycles. The van der Waals surface area contributed by atoms with Crippen LogP contribution in [0.25, 0.3) is 0 Å². The lowest BCUT2D eigenvalue weighted by molar-refractivity contribution is 0.0693. The molecule has 2 aromatic rings. The topological polar surface area (TPSA) is 85.4 Å². The molecule has 110 valence electrons. The third-order valence-corrected chi connectivity index (χ3v) is 3.40. The number of hydrogen-bond acceptors (Lipinski definition) is 4. The van der Waals surface area contributed by atoms with Crippen LogP contribution in [0.2, 0.25) is 0 Å². The maximum Gasteiger partial charge on any atom is 0.341 e. The van der Waals surface area contributed by atoms with Gasteiger partial charge in [-0.25, -0.2) is 9.78 Å². The first-order chi connectivity index (χ1) is 9.88. The average molecular weight is 351 g/mol. The second kappa shape index (κ2) is 6.13. The van der Waals surface area contributed by atoms with Crippen molar-refractivity contribution in [3.05, 3.63) is 46.1 Å². The van der Waals surface area contributed by atoms with Crippen LogP contribution in [-0.4, -0.2) is 16.1 Å². The highest BCUT2D eigenvalue weighted by Crippen LogP contribution is 2.33. The van der Waals surface area contributed by atoms with E-state index in [0.29, 0.717) is 5.75 Å². The fourth-order valence-corrected chi connectivity index (χ4v) is 2.25. The van der Waals surface area contributed by atoms with Gasteiger partial charge in [0, 0.05) is 4.47 Å². The highest BCUT2D eigenvalue weighted by Gasteiger charge is 2.17. The van der Waals surface area contributed by atoms with Gasteiger partial charge in [-0.2, -0.15) is 0 Å². The molecule has 0 atom stereocenters. The summed E-state index contributed by atoms with van der Waals surface area (Å²) in [4.78, 5) is 15.2. The Morgan fingerprint density at radius 2 is 2.10 bits per heavy atom. The number of halogens is 1. The zero-order valence-corrected chi connectivity index (χ0v) is 13.2. The highest BCUT2D eigenvalue weighted by atomic mass is 79.9. The lowest BCUT2D eigenvalue weighted by Crippen LogP contribution is -2.04. The van der Waals surface area contributed by atoms with Gasteiger partial charge in [0.1, 0.15) is 11.3 Å². The molecule has 0 amide bonds. The summed E-state index contributed by atoms with van der Waals surface area (Å²) < 4.78 is 6.64. The predicted molar refractivity (Wildman–Crippen MR) is 83.9 cm³/mol. The van der Waals surface area contributed by atoms with Crippen molar-refractivity contribution in [1.82, 2.24) is 4.98 Å². The van der Waals surface area contributed by atoms with E-state index in [1.54, 1.807) is 6.07 Å². The standard InChI is InChI=1S/C15H15BrN2O3/c1-8(2)11-5-9(16)3-4-13(11)21-14-12(15(19)20)6-10(17)7-18-14/h3-8H,17H2,1-2H3,(H,19,20). The number of carboxylic acid groups (broad SMARTS) is 1. The van der Waals surface area contributed by atoms with Crippen molar-refractivity contribution in [2.75, 3.05) is 5.73 Å². The predicted octanol–water partition coefficient (Wildman–Crippen LogP) is 4.04. The lowest BCUT2D eigenvalue weighted by atomic mass is 10.0. The number of benzene rings is 1. The summed E-state index contributed by atoms with van der Waals surface area (Å²) in [6.45, 7) is 4.06. The molecule has 0 spiro atoms. The molecule has 21 heavy (non-hydrogen) atoms. The van der Waals surface area contributed by atoms with Gasteiger partial charge in [0.05, 0.1) is 11.9 Å². The summed E-state index contributed by atoms with van der Waals surface area (Å²) in [5.41, 5.74) is 6.74. The minimum absolute atomic E-state index is 0.0286. The molecule has 1 aromatic heterocycles. The van der Waals surface area contributed by atoms with Crippen molar-refractivity contribution >= 4 is 27.6 Å². The van der Waals surface area contributed by atoms with Crippen LogP contribution in [0.1, 0.15) is 35.7 Å². The molecule has 2 rings (SSSR count). The van der Waals surface area contributed by atoms with Gasteiger partial charge >= 0.3 is 5.97 Å². The molecule has 3 N–H and O–H groups in total. The molecule has 0 saturated carbocycles. The summed E-state index contributed by atoms with van der Waals surface area (Å²) in [6.07, 6.45) is 1.37. The summed E-state index contributed by atoms with van der Waals surface area (Å²) in [5, 5.41) is 9.21. The Morgan fingerprint density at radius 3 is 2.71 bits per heavy atom. The van der Waals surface area contributed by atoms with Gasteiger partial charge in [0.15, 0.2) is 0 Å². The first kappa shape index (κ1) is 15.3. The van der Waals surface area contributed by atoms with Gasteiger partial charge in [0.25, 0.3) is 0 Å². The molecule has 5 nitrogen and oxygen atoms in total. The van der Waals surface area contributed by atoms with Crippen LogP contribution in [0.4, 0.5) is 5.69 Å². The lowest BCUT2D eigenvalue weighted by Gasteiger charge is -2.14. The van der Waals surface area contributed by atoms with E-state index in [1.807, 2.05) is 26.0 Å². The summed E-state index contributed by atoms with van der Waals surface area (Å²) in [5.74, 6) is -0.304. The number of aromatic carboxylic acids is 1. The van der Waals surface area contributed by atoms with Crippen LogP contribution in [0, 0.1) is 0 Å². The Morgan fingerprint density at radius 1 is 1.38 bits per heavy atom. The van der Waals surface area contributed by atoms with Crippen LogP contribution in [0.3, 0.4) is 0 Å². The number of anilines is 1. The molecule has 1 heterocycles. The molecule has 0 bridgehead atoms. The number of nitrogens with two attached hydrogens (primary N) is 1. The third-order valence-electron chi connectivity index (χ3n) is 2.90. The van der Waals surface area contributed by atoms with Crippen molar-refractivity contribution in [2.24, 2.45) is 0 Å². The van der Waals surface area contributed by atoms with Gasteiger partial charge in [-0.15, -0.1) is 0 Å². The van der Waals surface area contributed by atoms with Crippen LogP contribution in [-0.2, 0) is 0 Å². The van der Waals surface area contributed by atoms with Crippen molar-refractivity contribution in [3.63, 3.8) is 0 Å². The molecule has 0 aliphatic rings. The Balaban J connectivity index is 2.46. The molecule has 6 heteroatoms. The van der Waals surface area contributed by atoms with Gasteiger partial charge in [-0.3, -0.25) is 0 Å². The van der Waals surface area contributed by atoms with Crippen molar-refractivity contribution in [1.29, 1.82) is 0 Å². The van der Waals surface area contributed by atoms with E-state index in [0.717, 1.165) is 10.0 Å². The first-order valence-corrected chi connectivity index (χ1v) is 7.14. The zero-order chi connectivity index (χ0) is 15.6. The van der Waals surface area contributed by atoms with Crippen molar-refractivity contribution in [2.45, 2.75) is 19.8 Å². The Hall–Kier alpha value is -2.08. The van der Waals surface area contributed by atoms with Gasteiger partial charge in [-0.1, -0.05) is 29.8 Å². The largest absolute Gasteiger partial charge is 0.477 e. The maximum atomic E-state index is 11.3. The number of carbonyl (C=O) groups is 1. The molecule has 0 radical (unpaired) electrons. The van der Waals surface area contributed by atoms with Gasteiger partial charge < -0.3 is 15.6 Å². The molecule has 0 saturated heterocycles. The van der Waals surface area contributed by atoms with E-state index in [9.17, 15) is 9.90 Å². The number of aromatic nitrogens is 1. The normalized spacial score (nSPS) is 10.7. The quantitative estimate of drug-likeness (QED) is 0.868. The number of pyridine rings is 1. The van der Waals surface area contributed by atoms with Gasteiger partial charge in [0.2, 0.25) is 5.88 Å². The SMILES string of the molecule is CC(C)c1cc(Br)ccc1Oc1ncc(N)cc1C(=O)O. The van der Waals surface area contributed by atoms with Crippen molar-refractivity contribution < 1.29 is 14.6 Å². The molecule has 0 aliphatic heterocycles. The number of carboxylic acids is 1. The Kier molecular flexibility index (Phi) is 4.47. The zero-order valence-electron chi connectivity index (χ0n) is 11.6. The minimum atomic E-state index is -1.13. The van der Waals surface area contributed by atoms with E-state index in [2.05, 4.69) is 20.9 Å². The third kappa shape index (κ3) is 3.52. The molecule has 1 aromatic carbocycles. The average Bonchev–Trinajstić information content (AvgIpc) is 2.42. The number of rotatable bonds is 4. The molecule has 0 fully saturated rings. The molecular weight excluding hydrogens is 336 g/mol. The highest BCUT2D eigenvalue weighted by molar-refractivity contribution is 9.10. The van der Waals surface area contributed by atoms with Crippen LogP contribution in [0.5, 0.6) is 11.6 Å². The molecule has 0 unspecified atom stereocenters. The van der Waals surface area contributed by atoms with E-state index in [1.165, 1.54) is 12.3 Å². The van der Waals surface area contributed by atoms with E-state index in [4.69, 9.17) is 10.5 Å². The van der Waals surface area contributed by atoms with Gasteiger partial charge in [-0.05, 0) is 35.7 Å². The Bertz CT molecular complexity index is 687.